The van der Waals surface area contributed by atoms with E-state index in [2.05, 4.69) is 5.32 Å². The molecule has 1 aliphatic rings. The van der Waals surface area contributed by atoms with Crippen molar-refractivity contribution >= 4 is 23.2 Å². The first-order valence-corrected chi connectivity index (χ1v) is 5.72. The summed E-state index contributed by atoms with van der Waals surface area (Å²) in [5.74, 6) is 0.274. The van der Waals surface area contributed by atoms with Gasteiger partial charge >= 0.3 is 0 Å². The summed E-state index contributed by atoms with van der Waals surface area (Å²) in [6, 6.07) is 3.33. The molecule has 2 N–H and O–H groups in total. The number of nitrogens with one attached hydrogen (secondary N) is 1. The summed E-state index contributed by atoms with van der Waals surface area (Å²) in [6.07, 6.45) is 1.29. The lowest BCUT2D eigenvalue weighted by Gasteiger charge is -2.19. The van der Waals surface area contributed by atoms with Gasteiger partial charge < -0.3 is 15.2 Å². The van der Waals surface area contributed by atoms with Gasteiger partial charge in [-0.25, -0.2) is 0 Å². The summed E-state index contributed by atoms with van der Waals surface area (Å²) in [7, 11) is 1.51. The zero-order valence-corrected chi connectivity index (χ0v) is 10.5. The van der Waals surface area contributed by atoms with Gasteiger partial charge in [-0.2, -0.15) is 0 Å². The number of hydrogen-bond acceptors (Lipinski definition) is 3. The number of ether oxygens (including phenoxy) is 1. The fourth-order valence-corrected chi connectivity index (χ4v) is 2.19. The first kappa shape index (κ1) is 12.2. The van der Waals surface area contributed by atoms with Gasteiger partial charge in [0.05, 0.1) is 18.4 Å². The highest BCUT2D eigenvalue weighted by atomic mass is 35.5. The Morgan fingerprint density at radius 1 is 1.53 bits per heavy atom. The number of carbonyl (C=O) groups excluding carboxylic acids is 1. The molecule has 5 heteroatoms. The quantitative estimate of drug-likeness (QED) is 0.871. The number of aliphatic hydroxyl groups is 1. The average molecular weight is 256 g/mol. The average Bonchev–Trinajstić information content (AvgIpc) is 2.96. The highest BCUT2D eigenvalue weighted by Crippen LogP contribution is 2.52. The molecular formula is C12H14ClNO3. The van der Waals surface area contributed by atoms with Crippen LogP contribution in [0.25, 0.3) is 0 Å². The number of amides is 1. The van der Waals surface area contributed by atoms with E-state index in [0.717, 1.165) is 0 Å². The largest absolute Gasteiger partial charge is 0.495 e. The highest BCUT2D eigenvalue weighted by molar-refractivity contribution is 6.32. The van der Waals surface area contributed by atoms with Gasteiger partial charge in [-0.1, -0.05) is 11.6 Å². The van der Waals surface area contributed by atoms with Crippen LogP contribution in [0, 0.1) is 0 Å². The van der Waals surface area contributed by atoms with Crippen LogP contribution < -0.4 is 10.1 Å². The molecule has 1 saturated carbocycles. The van der Waals surface area contributed by atoms with E-state index in [9.17, 15) is 9.90 Å². The first-order chi connectivity index (χ1) is 7.98. The van der Waals surface area contributed by atoms with Crippen molar-refractivity contribution in [1.82, 2.24) is 0 Å². The molecule has 1 aromatic carbocycles. The Hall–Kier alpha value is -1.26. The molecule has 0 saturated heterocycles. The molecule has 92 valence electrons. The van der Waals surface area contributed by atoms with Crippen LogP contribution in [0.1, 0.15) is 25.3 Å². The molecule has 1 fully saturated rings. The zero-order valence-electron chi connectivity index (χ0n) is 9.71. The molecule has 0 radical (unpaired) electrons. The first-order valence-electron chi connectivity index (χ1n) is 5.35. The third kappa shape index (κ3) is 2.23. The summed E-state index contributed by atoms with van der Waals surface area (Å²) in [5, 5.41) is 13.3. The minimum atomic E-state index is -0.927. The second-order valence-corrected chi connectivity index (χ2v) is 4.62. The second-order valence-electron chi connectivity index (χ2n) is 4.21. The molecule has 17 heavy (non-hydrogen) atoms. The van der Waals surface area contributed by atoms with E-state index < -0.39 is 5.60 Å². The Morgan fingerprint density at radius 2 is 2.18 bits per heavy atom. The highest BCUT2D eigenvalue weighted by Gasteiger charge is 2.46. The van der Waals surface area contributed by atoms with E-state index in [4.69, 9.17) is 16.3 Å². The second kappa shape index (κ2) is 4.20. The van der Waals surface area contributed by atoms with E-state index in [1.165, 1.54) is 14.0 Å². The molecule has 4 nitrogen and oxygen atoms in total. The summed E-state index contributed by atoms with van der Waals surface area (Å²) in [5.41, 5.74) is 0.0878. The van der Waals surface area contributed by atoms with Crippen LogP contribution in [0.5, 0.6) is 5.75 Å². The van der Waals surface area contributed by atoms with Crippen molar-refractivity contribution in [2.24, 2.45) is 0 Å². The van der Waals surface area contributed by atoms with E-state index in [1.54, 1.807) is 12.1 Å². The minimum absolute atomic E-state index is 0.226. The molecule has 2 rings (SSSR count). The lowest BCUT2D eigenvalue weighted by molar-refractivity contribution is -0.114. The maximum Gasteiger partial charge on any atom is 0.221 e. The number of hydrogen-bond donors (Lipinski definition) is 2. The third-order valence-electron chi connectivity index (χ3n) is 2.83. The van der Waals surface area contributed by atoms with Crippen LogP contribution in [0.3, 0.4) is 0 Å². The van der Waals surface area contributed by atoms with Crippen LogP contribution in [-0.4, -0.2) is 18.1 Å². The van der Waals surface area contributed by atoms with Crippen LogP contribution in [0.4, 0.5) is 5.69 Å². The molecule has 0 spiro atoms. The number of methoxy groups -OCH3 is 1. The number of anilines is 1. The van der Waals surface area contributed by atoms with Crippen molar-refractivity contribution in [2.75, 3.05) is 12.4 Å². The molecule has 0 unspecified atom stereocenters. The van der Waals surface area contributed by atoms with Gasteiger partial charge in [0.15, 0.2) is 0 Å². The number of benzene rings is 1. The summed E-state index contributed by atoms with van der Waals surface area (Å²) >= 11 is 6.10. The Balaban J connectivity index is 2.57. The third-order valence-corrected chi connectivity index (χ3v) is 3.14. The molecular weight excluding hydrogens is 242 g/mol. The Labute approximate surface area is 105 Å². The molecule has 0 bridgehead atoms. The maximum absolute atomic E-state index is 11.2. The zero-order chi connectivity index (χ0) is 12.6. The van der Waals surface area contributed by atoms with Gasteiger partial charge in [0, 0.05) is 17.5 Å². The molecule has 0 aromatic heterocycles. The molecule has 0 atom stereocenters. The summed E-state index contributed by atoms with van der Waals surface area (Å²) in [6.45, 7) is 1.40. The topological polar surface area (TPSA) is 58.6 Å². The molecule has 0 heterocycles. The predicted molar refractivity (Wildman–Crippen MR) is 65.4 cm³/mol. The predicted octanol–water partition coefficient (Wildman–Crippen LogP) is 2.29. The van der Waals surface area contributed by atoms with E-state index in [-0.39, 0.29) is 5.91 Å². The summed E-state index contributed by atoms with van der Waals surface area (Å²) < 4.78 is 5.18. The van der Waals surface area contributed by atoms with Gasteiger partial charge in [0.25, 0.3) is 0 Å². The smallest absolute Gasteiger partial charge is 0.221 e. The Kier molecular flexibility index (Phi) is 3.02. The van der Waals surface area contributed by atoms with Gasteiger partial charge in [-0.15, -0.1) is 0 Å². The van der Waals surface area contributed by atoms with Crippen LogP contribution in [0.2, 0.25) is 5.02 Å². The number of carbonyl (C=O) groups is 1. The van der Waals surface area contributed by atoms with Gasteiger partial charge in [-0.3, -0.25) is 4.79 Å². The number of halogens is 1. The fourth-order valence-electron chi connectivity index (χ4n) is 1.85. The van der Waals surface area contributed by atoms with Crippen LogP contribution >= 0.6 is 11.6 Å². The molecule has 1 aliphatic carbocycles. The Bertz CT molecular complexity index is 469. The lowest BCUT2D eigenvalue weighted by atomic mass is 10.0. The van der Waals surface area contributed by atoms with E-state index >= 15 is 0 Å². The van der Waals surface area contributed by atoms with Gasteiger partial charge in [0.2, 0.25) is 5.91 Å². The number of rotatable bonds is 3. The molecule has 0 aliphatic heterocycles. The molecule has 1 aromatic rings. The monoisotopic (exact) mass is 255 g/mol. The maximum atomic E-state index is 11.2. The van der Waals surface area contributed by atoms with E-state index in [1.807, 2.05) is 0 Å². The molecule has 1 amide bonds. The van der Waals surface area contributed by atoms with Gasteiger partial charge in [0.1, 0.15) is 5.75 Å². The van der Waals surface area contributed by atoms with Crippen molar-refractivity contribution in [3.63, 3.8) is 0 Å². The van der Waals surface area contributed by atoms with Crippen molar-refractivity contribution in [2.45, 2.75) is 25.4 Å². The van der Waals surface area contributed by atoms with Crippen LogP contribution in [0.15, 0.2) is 12.1 Å². The Morgan fingerprint density at radius 3 is 2.65 bits per heavy atom. The normalized spacial score (nSPS) is 16.5. The standard InChI is InChI=1S/C12H14ClNO3/c1-7(15)14-11-9(17-2)4-3-8(13)10(11)12(16)5-6-12/h3-4,16H,5-6H2,1-2H3,(H,14,15). The van der Waals surface area contributed by atoms with E-state index in [0.29, 0.717) is 34.9 Å². The fraction of sp³-hybridized carbons (Fsp3) is 0.417. The van der Waals surface area contributed by atoms with Crippen molar-refractivity contribution < 1.29 is 14.6 Å². The minimum Gasteiger partial charge on any atom is -0.495 e. The van der Waals surface area contributed by atoms with Crippen molar-refractivity contribution in [3.05, 3.63) is 22.7 Å². The SMILES string of the molecule is COc1ccc(Cl)c(C2(O)CC2)c1NC(C)=O. The van der Waals surface area contributed by atoms with Crippen molar-refractivity contribution in [3.8, 4) is 5.75 Å². The van der Waals surface area contributed by atoms with Gasteiger partial charge in [-0.05, 0) is 25.0 Å². The lowest BCUT2D eigenvalue weighted by Crippen LogP contribution is -2.15. The van der Waals surface area contributed by atoms with Crippen LogP contribution in [-0.2, 0) is 10.4 Å². The van der Waals surface area contributed by atoms with Crippen molar-refractivity contribution in [1.29, 1.82) is 0 Å². The summed E-state index contributed by atoms with van der Waals surface area (Å²) in [4.78, 5) is 11.2.